The van der Waals surface area contributed by atoms with E-state index >= 15 is 0 Å². The third-order valence-corrected chi connectivity index (χ3v) is 4.86. The van der Waals surface area contributed by atoms with Crippen LogP contribution in [-0.2, 0) is 6.42 Å². The van der Waals surface area contributed by atoms with Crippen LogP contribution in [-0.4, -0.2) is 22.5 Å². The molecular weight excluding hydrogens is 248 g/mol. The second-order valence-corrected chi connectivity index (χ2v) is 6.22. The van der Waals surface area contributed by atoms with Gasteiger partial charge in [-0.3, -0.25) is 4.90 Å². The maximum absolute atomic E-state index is 5.70. The van der Waals surface area contributed by atoms with Crippen molar-refractivity contribution in [1.29, 1.82) is 0 Å². The third-order valence-electron chi connectivity index (χ3n) is 3.70. The SMILES string of the molecule is CCC(CC(N)=S)N1CCc2sccc2C1C. The molecule has 1 aliphatic rings. The van der Waals surface area contributed by atoms with Gasteiger partial charge in [0.05, 0.1) is 4.99 Å². The maximum atomic E-state index is 5.70. The smallest absolute Gasteiger partial charge is 0.0743 e. The van der Waals surface area contributed by atoms with Gasteiger partial charge in [0, 0.05) is 29.9 Å². The first-order valence-corrected chi connectivity index (χ1v) is 7.52. The van der Waals surface area contributed by atoms with Crippen molar-refractivity contribution in [1.82, 2.24) is 4.90 Å². The first kappa shape index (κ1) is 13.0. The molecule has 0 aromatic carbocycles. The molecule has 0 radical (unpaired) electrons. The summed E-state index contributed by atoms with van der Waals surface area (Å²) in [5.41, 5.74) is 7.20. The minimum Gasteiger partial charge on any atom is -0.393 e. The van der Waals surface area contributed by atoms with E-state index in [1.807, 2.05) is 11.3 Å². The summed E-state index contributed by atoms with van der Waals surface area (Å²) in [7, 11) is 0. The fourth-order valence-electron chi connectivity index (χ4n) is 2.76. The van der Waals surface area contributed by atoms with E-state index in [1.54, 1.807) is 4.88 Å². The van der Waals surface area contributed by atoms with Gasteiger partial charge in [-0.1, -0.05) is 19.1 Å². The summed E-state index contributed by atoms with van der Waals surface area (Å²) in [5.74, 6) is 0. The molecule has 2 unspecified atom stereocenters. The van der Waals surface area contributed by atoms with E-state index in [4.69, 9.17) is 18.0 Å². The lowest BCUT2D eigenvalue weighted by atomic mass is 9.97. The van der Waals surface area contributed by atoms with E-state index in [0.717, 1.165) is 19.4 Å². The molecule has 0 amide bonds. The number of thiophene rings is 1. The predicted molar refractivity (Wildman–Crippen MR) is 78.6 cm³/mol. The van der Waals surface area contributed by atoms with Gasteiger partial charge in [-0.25, -0.2) is 0 Å². The van der Waals surface area contributed by atoms with Gasteiger partial charge in [0.1, 0.15) is 0 Å². The zero-order chi connectivity index (χ0) is 12.4. The van der Waals surface area contributed by atoms with Crippen LogP contribution in [0, 0.1) is 0 Å². The van der Waals surface area contributed by atoms with E-state index in [0.29, 0.717) is 17.1 Å². The fourth-order valence-corrected chi connectivity index (χ4v) is 3.91. The van der Waals surface area contributed by atoms with Crippen LogP contribution in [0.15, 0.2) is 11.4 Å². The Morgan fingerprint density at radius 3 is 3.12 bits per heavy atom. The molecule has 2 atom stereocenters. The van der Waals surface area contributed by atoms with Crippen molar-refractivity contribution in [3.05, 3.63) is 21.9 Å². The molecule has 0 saturated heterocycles. The van der Waals surface area contributed by atoms with Crippen molar-refractivity contribution >= 4 is 28.5 Å². The van der Waals surface area contributed by atoms with Gasteiger partial charge < -0.3 is 5.73 Å². The van der Waals surface area contributed by atoms with Crippen LogP contribution in [0.25, 0.3) is 0 Å². The molecule has 94 valence electrons. The van der Waals surface area contributed by atoms with Crippen molar-refractivity contribution in [2.24, 2.45) is 5.73 Å². The summed E-state index contributed by atoms with van der Waals surface area (Å²) in [5, 5.41) is 2.21. The standard InChI is InChI=1S/C13H20N2S2/c1-3-10(8-13(14)16)15-6-4-12-11(9(15)2)5-7-17-12/h5,7,9-10H,3-4,6,8H2,1-2H3,(H2,14,16). The number of thiocarbonyl (C=S) groups is 1. The largest absolute Gasteiger partial charge is 0.393 e. The fraction of sp³-hybridized carbons (Fsp3) is 0.615. The molecule has 2 N–H and O–H groups in total. The molecule has 0 aliphatic carbocycles. The number of hydrogen-bond acceptors (Lipinski definition) is 3. The van der Waals surface area contributed by atoms with E-state index < -0.39 is 0 Å². The number of fused-ring (bicyclic) bond motifs is 1. The van der Waals surface area contributed by atoms with E-state index in [1.165, 1.54) is 12.0 Å². The van der Waals surface area contributed by atoms with E-state index in [9.17, 15) is 0 Å². The molecular formula is C13H20N2S2. The van der Waals surface area contributed by atoms with Crippen LogP contribution >= 0.6 is 23.6 Å². The summed E-state index contributed by atoms with van der Waals surface area (Å²) < 4.78 is 0. The highest BCUT2D eigenvalue weighted by Crippen LogP contribution is 2.35. The number of nitrogens with zero attached hydrogens (tertiary/aromatic N) is 1. The second-order valence-electron chi connectivity index (χ2n) is 4.70. The van der Waals surface area contributed by atoms with Crippen molar-refractivity contribution in [2.75, 3.05) is 6.54 Å². The number of hydrogen-bond donors (Lipinski definition) is 1. The van der Waals surface area contributed by atoms with Gasteiger partial charge in [0.15, 0.2) is 0 Å². The van der Waals surface area contributed by atoms with Crippen molar-refractivity contribution in [3.63, 3.8) is 0 Å². The normalized spacial score (nSPS) is 22.1. The molecule has 2 heterocycles. The van der Waals surface area contributed by atoms with Crippen molar-refractivity contribution in [2.45, 2.75) is 45.2 Å². The Labute approximate surface area is 113 Å². The van der Waals surface area contributed by atoms with Crippen molar-refractivity contribution < 1.29 is 0 Å². The first-order valence-electron chi connectivity index (χ1n) is 6.23. The molecule has 2 rings (SSSR count). The van der Waals surface area contributed by atoms with Gasteiger partial charge in [-0.2, -0.15) is 0 Å². The molecule has 0 saturated carbocycles. The Morgan fingerprint density at radius 1 is 1.71 bits per heavy atom. The Bertz CT molecular complexity index is 400. The van der Waals surface area contributed by atoms with Gasteiger partial charge >= 0.3 is 0 Å². The zero-order valence-electron chi connectivity index (χ0n) is 10.5. The highest BCUT2D eigenvalue weighted by Gasteiger charge is 2.29. The average molecular weight is 268 g/mol. The Kier molecular flexibility index (Phi) is 4.17. The van der Waals surface area contributed by atoms with Crippen LogP contribution in [0.4, 0.5) is 0 Å². The van der Waals surface area contributed by atoms with Gasteiger partial charge in [-0.15, -0.1) is 11.3 Å². The molecule has 2 nitrogen and oxygen atoms in total. The Hall–Kier alpha value is -0.450. The summed E-state index contributed by atoms with van der Waals surface area (Å²) in [6.07, 6.45) is 3.13. The molecule has 4 heteroatoms. The van der Waals surface area contributed by atoms with Gasteiger partial charge in [0.25, 0.3) is 0 Å². The summed E-state index contributed by atoms with van der Waals surface area (Å²) in [6, 6.07) is 3.27. The Morgan fingerprint density at radius 2 is 2.47 bits per heavy atom. The molecule has 1 aromatic rings. The molecule has 0 fully saturated rings. The lowest BCUT2D eigenvalue weighted by molar-refractivity contribution is 0.134. The molecule has 0 bridgehead atoms. The highest BCUT2D eigenvalue weighted by molar-refractivity contribution is 7.80. The average Bonchev–Trinajstić information content (AvgIpc) is 2.75. The lowest BCUT2D eigenvalue weighted by Gasteiger charge is -2.39. The van der Waals surface area contributed by atoms with Crippen LogP contribution in [0.5, 0.6) is 0 Å². The zero-order valence-corrected chi connectivity index (χ0v) is 12.1. The van der Waals surface area contributed by atoms with E-state index in [-0.39, 0.29) is 0 Å². The minimum absolute atomic E-state index is 0.496. The maximum Gasteiger partial charge on any atom is 0.0743 e. The van der Waals surface area contributed by atoms with Gasteiger partial charge in [0.2, 0.25) is 0 Å². The molecule has 1 aromatic heterocycles. The van der Waals surface area contributed by atoms with Crippen LogP contribution in [0.3, 0.4) is 0 Å². The topological polar surface area (TPSA) is 29.3 Å². The first-order chi connectivity index (χ1) is 8.13. The highest BCUT2D eigenvalue weighted by atomic mass is 32.1. The van der Waals surface area contributed by atoms with Gasteiger partial charge in [-0.05, 0) is 36.8 Å². The molecule has 1 aliphatic heterocycles. The van der Waals surface area contributed by atoms with Crippen molar-refractivity contribution in [3.8, 4) is 0 Å². The number of nitrogens with two attached hydrogens (primary N) is 1. The lowest BCUT2D eigenvalue weighted by Crippen LogP contribution is -2.42. The number of rotatable bonds is 4. The summed E-state index contributed by atoms with van der Waals surface area (Å²) >= 11 is 6.95. The third kappa shape index (κ3) is 2.69. The molecule has 17 heavy (non-hydrogen) atoms. The van der Waals surface area contributed by atoms with E-state index in [2.05, 4.69) is 30.2 Å². The minimum atomic E-state index is 0.496. The van der Waals surface area contributed by atoms with Crippen LogP contribution in [0.1, 0.15) is 43.2 Å². The van der Waals surface area contributed by atoms with Crippen LogP contribution in [0.2, 0.25) is 0 Å². The Balaban J connectivity index is 2.15. The quantitative estimate of drug-likeness (QED) is 0.851. The monoisotopic (exact) mass is 268 g/mol. The second kappa shape index (κ2) is 5.46. The summed E-state index contributed by atoms with van der Waals surface area (Å²) in [6.45, 7) is 5.65. The van der Waals surface area contributed by atoms with Crippen LogP contribution < -0.4 is 5.73 Å². The summed E-state index contributed by atoms with van der Waals surface area (Å²) in [4.78, 5) is 4.76. The predicted octanol–water partition coefficient (Wildman–Crippen LogP) is 3.12. The molecule has 0 spiro atoms.